The van der Waals surface area contributed by atoms with Crippen LogP contribution in [0.4, 0.5) is 0 Å². The first-order valence-electron chi connectivity index (χ1n) is 8.96. The Morgan fingerprint density at radius 3 is 2.38 bits per heavy atom. The van der Waals surface area contributed by atoms with E-state index in [0.717, 1.165) is 5.75 Å². The van der Waals surface area contributed by atoms with Gasteiger partial charge in [0.2, 0.25) is 0 Å². The fourth-order valence-corrected chi connectivity index (χ4v) is 3.08. The van der Waals surface area contributed by atoms with Crippen molar-refractivity contribution in [2.45, 2.75) is 19.8 Å². The number of para-hydroxylation sites is 1. The number of esters is 1. The first kappa shape index (κ1) is 18.0. The molecule has 2 aromatic rings. The van der Waals surface area contributed by atoms with Crippen molar-refractivity contribution in [3.8, 4) is 11.5 Å². The molecule has 0 atom stereocenters. The third kappa shape index (κ3) is 4.42. The van der Waals surface area contributed by atoms with Gasteiger partial charge in [-0.15, -0.1) is 0 Å². The quantitative estimate of drug-likeness (QED) is 0.765. The van der Waals surface area contributed by atoms with E-state index >= 15 is 0 Å². The lowest BCUT2D eigenvalue weighted by Crippen LogP contribution is -2.40. The average Bonchev–Trinajstić information content (AvgIpc) is 2.69. The van der Waals surface area contributed by atoms with Crippen molar-refractivity contribution < 1.29 is 19.1 Å². The van der Waals surface area contributed by atoms with Crippen molar-refractivity contribution in [1.29, 1.82) is 0 Å². The zero-order chi connectivity index (χ0) is 18.4. The van der Waals surface area contributed by atoms with E-state index in [1.807, 2.05) is 42.5 Å². The van der Waals surface area contributed by atoms with Gasteiger partial charge < -0.3 is 14.4 Å². The average molecular weight is 353 g/mol. The van der Waals surface area contributed by atoms with E-state index in [0.29, 0.717) is 43.9 Å². The number of likely N-dealkylation sites (tertiary alicyclic amines) is 1. The second-order valence-electron chi connectivity index (χ2n) is 6.26. The van der Waals surface area contributed by atoms with Crippen LogP contribution in [0, 0.1) is 5.92 Å². The SMILES string of the molecule is CCOC(=O)C1CCN(C(=O)c2cccc(Oc3ccccc3)c2)CC1. The van der Waals surface area contributed by atoms with Crippen LogP contribution in [0.5, 0.6) is 11.5 Å². The molecule has 3 rings (SSSR count). The first-order valence-corrected chi connectivity index (χ1v) is 8.96. The number of amides is 1. The monoisotopic (exact) mass is 353 g/mol. The van der Waals surface area contributed by atoms with Crippen molar-refractivity contribution in [3.63, 3.8) is 0 Å². The minimum atomic E-state index is -0.155. The molecule has 0 aliphatic carbocycles. The molecule has 1 aliphatic rings. The molecular weight excluding hydrogens is 330 g/mol. The molecule has 0 N–H and O–H groups in total. The van der Waals surface area contributed by atoms with E-state index in [2.05, 4.69) is 0 Å². The topological polar surface area (TPSA) is 55.8 Å². The number of benzene rings is 2. The summed E-state index contributed by atoms with van der Waals surface area (Å²) in [6, 6.07) is 16.7. The Morgan fingerprint density at radius 2 is 1.69 bits per heavy atom. The summed E-state index contributed by atoms with van der Waals surface area (Å²) in [6.45, 7) is 3.32. The van der Waals surface area contributed by atoms with Crippen molar-refractivity contribution in [2.24, 2.45) is 5.92 Å². The molecule has 1 saturated heterocycles. The van der Waals surface area contributed by atoms with Crippen LogP contribution < -0.4 is 4.74 Å². The number of hydrogen-bond acceptors (Lipinski definition) is 4. The number of piperidine rings is 1. The van der Waals surface area contributed by atoms with Crippen LogP contribution in [0.3, 0.4) is 0 Å². The van der Waals surface area contributed by atoms with Crippen molar-refractivity contribution in [3.05, 3.63) is 60.2 Å². The maximum atomic E-state index is 12.8. The third-order valence-corrected chi connectivity index (χ3v) is 4.46. The summed E-state index contributed by atoms with van der Waals surface area (Å²) in [5.74, 6) is 1.06. The van der Waals surface area contributed by atoms with E-state index < -0.39 is 0 Å². The van der Waals surface area contributed by atoms with E-state index in [9.17, 15) is 9.59 Å². The lowest BCUT2D eigenvalue weighted by atomic mass is 9.96. The Hall–Kier alpha value is -2.82. The van der Waals surface area contributed by atoms with Gasteiger partial charge in [-0.05, 0) is 50.1 Å². The van der Waals surface area contributed by atoms with Crippen LogP contribution in [0.15, 0.2) is 54.6 Å². The normalized spacial score (nSPS) is 14.7. The van der Waals surface area contributed by atoms with Gasteiger partial charge in [0.05, 0.1) is 12.5 Å². The molecule has 1 fully saturated rings. The molecule has 0 aromatic heterocycles. The molecule has 2 aromatic carbocycles. The van der Waals surface area contributed by atoms with Crippen molar-refractivity contribution >= 4 is 11.9 Å². The van der Waals surface area contributed by atoms with Gasteiger partial charge in [0.1, 0.15) is 11.5 Å². The van der Waals surface area contributed by atoms with Gasteiger partial charge in [-0.1, -0.05) is 24.3 Å². The molecule has 0 radical (unpaired) electrons. The zero-order valence-electron chi connectivity index (χ0n) is 14.9. The molecule has 5 nitrogen and oxygen atoms in total. The molecule has 0 bridgehead atoms. The van der Waals surface area contributed by atoms with Crippen LogP contribution in [0.1, 0.15) is 30.1 Å². The molecule has 136 valence electrons. The third-order valence-electron chi connectivity index (χ3n) is 4.46. The van der Waals surface area contributed by atoms with Crippen LogP contribution in [-0.2, 0) is 9.53 Å². The highest BCUT2D eigenvalue weighted by Crippen LogP contribution is 2.24. The predicted octanol–water partition coefficient (Wildman–Crippen LogP) is 3.89. The molecule has 5 heteroatoms. The molecule has 0 unspecified atom stereocenters. The number of rotatable bonds is 5. The van der Waals surface area contributed by atoms with Gasteiger partial charge in [-0.2, -0.15) is 0 Å². The number of ether oxygens (including phenoxy) is 2. The van der Waals surface area contributed by atoms with Crippen LogP contribution >= 0.6 is 0 Å². The van der Waals surface area contributed by atoms with E-state index in [4.69, 9.17) is 9.47 Å². The zero-order valence-corrected chi connectivity index (χ0v) is 14.9. The second-order valence-corrected chi connectivity index (χ2v) is 6.26. The van der Waals surface area contributed by atoms with Crippen molar-refractivity contribution in [2.75, 3.05) is 19.7 Å². The fourth-order valence-electron chi connectivity index (χ4n) is 3.08. The predicted molar refractivity (Wildman–Crippen MR) is 98.2 cm³/mol. The Bertz CT molecular complexity index is 752. The molecule has 0 spiro atoms. The number of carbonyl (C=O) groups excluding carboxylic acids is 2. The van der Waals surface area contributed by atoms with Gasteiger partial charge in [-0.3, -0.25) is 9.59 Å². The van der Waals surface area contributed by atoms with Gasteiger partial charge in [0, 0.05) is 18.7 Å². The summed E-state index contributed by atoms with van der Waals surface area (Å²) < 4.78 is 10.9. The highest BCUT2D eigenvalue weighted by molar-refractivity contribution is 5.94. The Morgan fingerprint density at radius 1 is 1.00 bits per heavy atom. The van der Waals surface area contributed by atoms with Gasteiger partial charge in [0.25, 0.3) is 5.91 Å². The Balaban J connectivity index is 1.62. The summed E-state index contributed by atoms with van der Waals surface area (Å²) in [5, 5.41) is 0. The first-order chi connectivity index (χ1) is 12.7. The van der Waals surface area contributed by atoms with Crippen LogP contribution in [0.25, 0.3) is 0 Å². The minimum absolute atomic E-state index is 0.0363. The lowest BCUT2D eigenvalue weighted by Gasteiger charge is -2.31. The summed E-state index contributed by atoms with van der Waals surface area (Å²) in [7, 11) is 0. The summed E-state index contributed by atoms with van der Waals surface area (Å²) >= 11 is 0. The standard InChI is InChI=1S/C21H23NO4/c1-2-25-21(24)16-11-13-22(14-12-16)20(23)17-7-6-10-19(15-17)26-18-8-4-3-5-9-18/h3-10,15-16H,2,11-14H2,1H3. The summed E-state index contributed by atoms with van der Waals surface area (Å²) in [4.78, 5) is 26.4. The van der Waals surface area contributed by atoms with Gasteiger partial charge in [-0.25, -0.2) is 0 Å². The van der Waals surface area contributed by atoms with Crippen LogP contribution in [-0.4, -0.2) is 36.5 Å². The lowest BCUT2D eigenvalue weighted by molar-refractivity contribution is -0.149. The number of hydrogen-bond donors (Lipinski definition) is 0. The highest BCUT2D eigenvalue weighted by atomic mass is 16.5. The minimum Gasteiger partial charge on any atom is -0.466 e. The molecular formula is C21H23NO4. The largest absolute Gasteiger partial charge is 0.466 e. The van der Waals surface area contributed by atoms with Crippen molar-refractivity contribution in [1.82, 2.24) is 4.90 Å². The van der Waals surface area contributed by atoms with E-state index in [1.54, 1.807) is 24.0 Å². The number of carbonyl (C=O) groups is 2. The molecule has 26 heavy (non-hydrogen) atoms. The number of nitrogens with zero attached hydrogens (tertiary/aromatic N) is 1. The summed E-state index contributed by atoms with van der Waals surface area (Å²) in [6.07, 6.45) is 1.29. The molecule has 1 amide bonds. The second kappa shape index (κ2) is 8.52. The van der Waals surface area contributed by atoms with Crippen LogP contribution in [0.2, 0.25) is 0 Å². The fraction of sp³-hybridized carbons (Fsp3) is 0.333. The highest BCUT2D eigenvalue weighted by Gasteiger charge is 2.28. The summed E-state index contributed by atoms with van der Waals surface area (Å²) in [5.41, 5.74) is 0.591. The smallest absolute Gasteiger partial charge is 0.309 e. The van der Waals surface area contributed by atoms with Gasteiger partial charge in [0.15, 0.2) is 0 Å². The van der Waals surface area contributed by atoms with E-state index in [-0.39, 0.29) is 17.8 Å². The van der Waals surface area contributed by atoms with Gasteiger partial charge >= 0.3 is 5.97 Å². The molecule has 0 saturated carbocycles. The Kier molecular flexibility index (Phi) is 5.89. The maximum absolute atomic E-state index is 12.8. The molecule has 1 aliphatic heterocycles. The van der Waals surface area contributed by atoms with E-state index in [1.165, 1.54) is 0 Å². The Labute approximate surface area is 153 Å². The molecule has 1 heterocycles. The maximum Gasteiger partial charge on any atom is 0.309 e.